The maximum atomic E-state index is 15.5. The Bertz CT molecular complexity index is 2590. The third kappa shape index (κ3) is 17.6. The van der Waals surface area contributed by atoms with Gasteiger partial charge < -0.3 is 52.1 Å². The van der Waals surface area contributed by atoms with Gasteiger partial charge in [0.05, 0.1) is 25.3 Å². The van der Waals surface area contributed by atoms with Crippen LogP contribution in [-0.2, 0) is 51.4 Å². The van der Waals surface area contributed by atoms with E-state index < -0.39 is 60.1 Å². The van der Waals surface area contributed by atoms with Crippen molar-refractivity contribution in [1.29, 1.82) is 10.9 Å². The number of amides is 10. The summed E-state index contributed by atoms with van der Waals surface area (Å²) in [6, 6.07) is 13.5. The van der Waals surface area contributed by atoms with E-state index in [9.17, 15) is 43.2 Å². The Hall–Kier alpha value is -8.57. The second-order valence-corrected chi connectivity index (χ2v) is 18.2. The van der Waals surface area contributed by atoms with Crippen LogP contribution in [-0.4, -0.2) is 127 Å². The molecule has 0 saturated carbocycles. The van der Waals surface area contributed by atoms with E-state index in [1.807, 2.05) is 0 Å². The molecule has 4 atom stereocenters. The molecular weight excluding hydrogens is 976 g/mol. The molecule has 0 aromatic heterocycles. The number of urea groups is 1. The molecule has 4 unspecified atom stereocenters. The molecule has 10 amide bonds. The molecule has 0 spiro atoms. The van der Waals surface area contributed by atoms with Crippen LogP contribution in [0.15, 0.2) is 84.0 Å². The van der Waals surface area contributed by atoms with Crippen LogP contribution >= 0.6 is 0 Å². The van der Waals surface area contributed by atoms with Gasteiger partial charge in [-0.1, -0.05) is 56.7 Å². The van der Waals surface area contributed by atoms with Crippen molar-refractivity contribution in [3.8, 4) is 11.1 Å². The van der Waals surface area contributed by atoms with Crippen LogP contribution in [0.3, 0.4) is 0 Å². The number of cyclic esters (lactones) is 1. The first-order chi connectivity index (χ1) is 35.8. The molecule has 1 saturated heterocycles. The van der Waals surface area contributed by atoms with Crippen LogP contribution in [0.2, 0.25) is 0 Å². The van der Waals surface area contributed by atoms with Gasteiger partial charge in [0.15, 0.2) is 0 Å². The number of nitrogens with one attached hydrogen (secondary N) is 7. The topological polar surface area (TPSA) is 328 Å². The van der Waals surface area contributed by atoms with E-state index in [1.165, 1.54) is 41.0 Å². The minimum atomic E-state index is -1.10. The van der Waals surface area contributed by atoms with Crippen LogP contribution in [0.25, 0.3) is 11.1 Å². The molecule has 2 aliphatic rings. The fourth-order valence-electron chi connectivity index (χ4n) is 7.94. The molecule has 3 aromatic carbocycles. The quantitative estimate of drug-likeness (QED) is 0.0214. The van der Waals surface area contributed by atoms with E-state index in [0.29, 0.717) is 41.6 Å². The number of hydrogen-bond acceptors (Lipinski definition) is 14. The number of anilines is 2. The predicted octanol–water partition coefficient (Wildman–Crippen LogP) is 4.64. The lowest BCUT2D eigenvalue weighted by molar-refractivity contribution is -0.137. The highest BCUT2D eigenvalue weighted by Crippen LogP contribution is 2.30. The van der Waals surface area contributed by atoms with Gasteiger partial charge in [-0.25, -0.2) is 24.3 Å². The molecule has 1 fully saturated rings. The summed E-state index contributed by atoms with van der Waals surface area (Å²) < 4.78 is 26.4. The fourth-order valence-corrected chi connectivity index (χ4v) is 7.94. The van der Waals surface area contributed by atoms with Gasteiger partial charge in [0, 0.05) is 62.6 Å². The summed E-state index contributed by atoms with van der Waals surface area (Å²) in [4.78, 5) is 116. The first kappa shape index (κ1) is 57.3. The number of halogens is 1. The Labute approximate surface area is 432 Å². The Morgan fingerprint density at radius 1 is 0.907 bits per heavy atom. The maximum Gasteiger partial charge on any atom is 0.414 e. The molecule has 2 heterocycles. The maximum absolute atomic E-state index is 15.5. The fraction of sp³-hybridized carbons (Fsp3) is 0.412. The minimum Gasteiger partial charge on any atom is -0.445 e. The van der Waals surface area contributed by atoms with E-state index in [1.54, 1.807) is 68.4 Å². The minimum absolute atomic E-state index is 0.0181. The molecule has 75 heavy (non-hydrogen) atoms. The van der Waals surface area contributed by atoms with E-state index in [2.05, 4.69) is 31.7 Å². The molecule has 3 aromatic rings. The number of imide groups is 1. The zero-order chi connectivity index (χ0) is 54.6. The van der Waals surface area contributed by atoms with Gasteiger partial charge in [-0.2, -0.15) is 5.11 Å². The summed E-state index contributed by atoms with van der Waals surface area (Å²) in [6.07, 6.45) is 3.26. The second-order valence-electron chi connectivity index (χ2n) is 18.2. The number of unbranched alkanes of at least 4 members (excludes halogenated alkanes) is 2. The van der Waals surface area contributed by atoms with E-state index in [4.69, 9.17) is 26.1 Å². The van der Waals surface area contributed by atoms with Crippen molar-refractivity contribution in [2.75, 3.05) is 42.9 Å². The Kier molecular flexibility index (Phi) is 21.4. The first-order valence-electron chi connectivity index (χ1n) is 24.3. The molecule has 0 aliphatic carbocycles. The average Bonchev–Trinajstić information content (AvgIpc) is 3.92. The van der Waals surface area contributed by atoms with Crippen LogP contribution < -0.4 is 37.2 Å². The molecule has 5 rings (SSSR count). The van der Waals surface area contributed by atoms with Gasteiger partial charge in [-0.15, -0.1) is 0 Å². The number of benzene rings is 3. The highest BCUT2D eigenvalue weighted by Gasteiger charge is 2.33. The standard InChI is InChI=1S/C51H63FN12O11/c1-31(2)46(60-43(66)9-5-4-6-23-63-44(67)20-21-45(63)68)48(70)59-42(8-7-22-56-49(54)71)47(69)58-36-16-12-34(13-17-36)30-74-50(72)62(28-37(25-53)61-55)27-33-10-14-35(15-11-33)40-19-18-38(24-41(40)52)64-29-39(75-51(64)73)26-57-32(3)65/h10-21,24-25,31,37,39,42,46,53,55H,4-9,22-23,26-30H2,1-3H3,(H,57,65)(H,58,69)(H,59,70)(H,60,66)(H3,54,56,71). The number of primary amides is 1. The monoisotopic (exact) mass is 1040 g/mol. The molecule has 400 valence electrons. The summed E-state index contributed by atoms with van der Waals surface area (Å²) in [7, 11) is 0. The molecule has 23 nitrogen and oxygen atoms in total. The SMILES string of the molecule is CC(=O)NCC1CN(c2ccc(-c3ccc(CN(CC(C=N)N=N)C(=O)OCc4ccc(NC(=O)C(CCCNC(N)=O)NC(=O)C(NC(=O)CCCCCN5C(=O)C=CC5=O)C(C)C)cc4)cc3)c(F)c2)C(=O)O1. The summed E-state index contributed by atoms with van der Waals surface area (Å²) in [5, 5.41) is 24.4. The van der Waals surface area contributed by atoms with Crippen LogP contribution in [0.1, 0.15) is 70.4 Å². The van der Waals surface area contributed by atoms with Gasteiger partial charge in [-0.05, 0) is 78.6 Å². The number of carbonyl (C=O) groups is 9. The van der Waals surface area contributed by atoms with Crippen LogP contribution in [0, 0.1) is 22.7 Å². The number of nitrogens with zero attached hydrogens (tertiary/aromatic N) is 4. The molecule has 0 radical (unpaired) electrons. The smallest absolute Gasteiger partial charge is 0.414 e. The number of ether oxygens (including phenoxy) is 2. The zero-order valence-corrected chi connectivity index (χ0v) is 41.9. The molecule has 0 bridgehead atoms. The average molecular weight is 1040 g/mol. The summed E-state index contributed by atoms with van der Waals surface area (Å²) in [5.41, 5.74) is 15.2. The summed E-state index contributed by atoms with van der Waals surface area (Å²) in [6.45, 7) is 5.05. The largest absolute Gasteiger partial charge is 0.445 e. The van der Waals surface area contributed by atoms with E-state index >= 15 is 4.39 Å². The van der Waals surface area contributed by atoms with Crippen molar-refractivity contribution in [2.45, 2.75) is 96.7 Å². The normalized spacial score (nSPS) is 15.1. The number of rotatable bonds is 28. The highest BCUT2D eigenvalue weighted by atomic mass is 19.1. The van der Waals surface area contributed by atoms with Gasteiger partial charge in [0.2, 0.25) is 23.6 Å². The highest BCUT2D eigenvalue weighted by molar-refractivity contribution is 6.12. The Balaban J connectivity index is 1.15. The van der Waals surface area contributed by atoms with Gasteiger partial charge >= 0.3 is 18.2 Å². The second kappa shape index (κ2) is 28.0. The predicted molar refractivity (Wildman–Crippen MR) is 271 cm³/mol. The zero-order valence-electron chi connectivity index (χ0n) is 41.9. The van der Waals surface area contributed by atoms with Crippen molar-refractivity contribution >= 4 is 71.3 Å². The van der Waals surface area contributed by atoms with Crippen molar-refractivity contribution in [3.63, 3.8) is 0 Å². The molecule has 9 N–H and O–H groups in total. The van der Waals surface area contributed by atoms with Gasteiger partial charge in [0.1, 0.15) is 36.7 Å². The lowest BCUT2D eigenvalue weighted by Gasteiger charge is -2.25. The third-order valence-electron chi connectivity index (χ3n) is 12.0. The molecule has 2 aliphatic heterocycles. The van der Waals surface area contributed by atoms with Crippen LogP contribution in [0.5, 0.6) is 0 Å². The number of carbonyl (C=O) groups excluding carboxylic acids is 9. The lowest BCUT2D eigenvalue weighted by Crippen LogP contribution is -2.54. The molecule has 24 heteroatoms. The Morgan fingerprint density at radius 3 is 2.23 bits per heavy atom. The van der Waals surface area contributed by atoms with Crippen molar-refractivity contribution in [3.05, 3.63) is 95.8 Å². The van der Waals surface area contributed by atoms with Crippen molar-refractivity contribution in [2.24, 2.45) is 16.8 Å². The van der Waals surface area contributed by atoms with Crippen molar-refractivity contribution in [1.82, 2.24) is 31.1 Å². The van der Waals surface area contributed by atoms with E-state index in [0.717, 1.165) is 11.1 Å². The summed E-state index contributed by atoms with van der Waals surface area (Å²) in [5.74, 6) is -3.57. The van der Waals surface area contributed by atoms with Gasteiger partial charge in [0.25, 0.3) is 11.8 Å². The number of nitrogens with two attached hydrogens (primary N) is 1. The Morgan fingerprint density at radius 2 is 1.60 bits per heavy atom. The first-order valence-corrected chi connectivity index (χ1v) is 24.3. The summed E-state index contributed by atoms with van der Waals surface area (Å²) >= 11 is 0. The third-order valence-corrected chi connectivity index (χ3v) is 12.0. The molecular formula is C51H63FN12O11. The lowest BCUT2D eigenvalue weighted by atomic mass is 10.0. The van der Waals surface area contributed by atoms with Crippen LogP contribution in [0.4, 0.5) is 30.1 Å². The van der Waals surface area contributed by atoms with Crippen molar-refractivity contribution < 1.29 is 57.0 Å². The van der Waals surface area contributed by atoms with E-state index in [-0.39, 0.29) is 106 Å². The van der Waals surface area contributed by atoms with Gasteiger partial charge in [-0.3, -0.25) is 38.6 Å². The number of hydrogen-bond donors (Lipinski definition) is 8.